The lowest BCUT2D eigenvalue weighted by Gasteiger charge is -2.31. The molecule has 22 heavy (non-hydrogen) atoms. The van der Waals surface area contributed by atoms with E-state index in [2.05, 4.69) is 29.8 Å². The van der Waals surface area contributed by atoms with Gasteiger partial charge in [-0.1, -0.05) is 13.0 Å². The fraction of sp³-hybridized carbons (Fsp3) is 0.667. The van der Waals surface area contributed by atoms with Gasteiger partial charge in [-0.05, 0) is 56.0 Å². The number of aliphatic hydroxyl groups excluding tert-OH is 1. The van der Waals surface area contributed by atoms with Crippen LogP contribution in [0.5, 0.6) is 5.75 Å². The fourth-order valence-corrected chi connectivity index (χ4v) is 3.34. The van der Waals surface area contributed by atoms with Crippen LogP contribution in [0, 0.1) is 5.92 Å². The molecule has 2 aliphatic heterocycles. The van der Waals surface area contributed by atoms with E-state index in [9.17, 15) is 5.11 Å². The fourth-order valence-electron chi connectivity index (χ4n) is 3.34. The highest BCUT2D eigenvalue weighted by Gasteiger charge is 2.19. The Kier molecular flexibility index (Phi) is 4.89. The normalized spacial score (nSPS) is 21.3. The summed E-state index contributed by atoms with van der Waals surface area (Å²) in [4.78, 5) is 4.68. The molecule has 0 saturated carbocycles. The highest BCUT2D eigenvalue weighted by molar-refractivity contribution is 5.60. The Morgan fingerprint density at radius 2 is 2.05 bits per heavy atom. The van der Waals surface area contributed by atoms with Crippen molar-refractivity contribution < 1.29 is 9.84 Å². The van der Waals surface area contributed by atoms with Crippen LogP contribution in [0.3, 0.4) is 0 Å². The highest BCUT2D eigenvalue weighted by Crippen LogP contribution is 2.33. The summed E-state index contributed by atoms with van der Waals surface area (Å²) in [6, 6.07) is 6.11. The summed E-state index contributed by atoms with van der Waals surface area (Å²) in [5.74, 6) is 1.76. The summed E-state index contributed by atoms with van der Waals surface area (Å²) in [5, 5.41) is 10.5. The summed E-state index contributed by atoms with van der Waals surface area (Å²) in [5.41, 5.74) is 2.09. The smallest absolute Gasteiger partial charge is 0.143 e. The van der Waals surface area contributed by atoms with Gasteiger partial charge < -0.3 is 19.6 Å². The number of likely N-dealkylation sites (N-methyl/N-ethyl adjacent to an activating group) is 1. The minimum absolute atomic E-state index is 0.402. The van der Waals surface area contributed by atoms with Crippen LogP contribution in [0.4, 0.5) is 5.69 Å². The first kappa shape index (κ1) is 15.6. The van der Waals surface area contributed by atoms with E-state index in [0.29, 0.717) is 0 Å². The van der Waals surface area contributed by atoms with E-state index in [0.717, 1.165) is 49.0 Å². The number of nitrogens with zero attached hydrogens (tertiary/aromatic N) is 2. The molecule has 0 amide bonds. The number of hydrogen-bond donors (Lipinski definition) is 1. The third-order valence-electron chi connectivity index (χ3n) is 5.06. The number of rotatable bonds is 4. The van der Waals surface area contributed by atoms with Crippen LogP contribution in [0.2, 0.25) is 0 Å². The number of fused-ring (bicyclic) bond motifs is 1. The molecular weight excluding hydrogens is 276 g/mol. The molecule has 1 fully saturated rings. The van der Waals surface area contributed by atoms with Crippen molar-refractivity contribution in [2.45, 2.75) is 32.3 Å². The second-order valence-electron chi connectivity index (χ2n) is 6.83. The highest BCUT2D eigenvalue weighted by atomic mass is 16.5. The van der Waals surface area contributed by atoms with Crippen LogP contribution in [-0.4, -0.2) is 49.8 Å². The second kappa shape index (κ2) is 6.88. The SMILES string of the molecule is CC1CCN(CCC(O)c2ccc3c(c2)OCCN3C)CC1. The average molecular weight is 304 g/mol. The number of likely N-dealkylation sites (tertiary alicyclic amines) is 1. The predicted molar refractivity (Wildman–Crippen MR) is 89.6 cm³/mol. The lowest BCUT2D eigenvalue weighted by molar-refractivity contribution is 0.125. The topological polar surface area (TPSA) is 35.9 Å². The Hall–Kier alpha value is -1.26. The van der Waals surface area contributed by atoms with Gasteiger partial charge >= 0.3 is 0 Å². The maximum atomic E-state index is 10.5. The molecule has 0 aromatic heterocycles. The van der Waals surface area contributed by atoms with Gasteiger partial charge in [0.25, 0.3) is 0 Å². The zero-order valence-corrected chi connectivity index (χ0v) is 13.8. The summed E-state index contributed by atoms with van der Waals surface area (Å²) in [6.07, 6.45) is 2.97. The third-order valence-corrected chi connectivity index (χ3v) is 5.06. The van der Waals surface area contributed by atoms with Crippen molar-refractivity contribution in [3.63, 3.8) is 0 Å². The van der Waals surface area contributed by atoms with Gasteiger partial charge in [0.05, 0.1) is 18.3 Å². The van der Waals surface area contributed by atoms with E-state index in [-0.39, 0.29) is 0 Å². The van der Waals surface area contributed by atoms with Gasteiger partial charge in [0.1, 0.15) is 12.4 Å². The molecule has 1 aromatic rings. The number of piperidine rings is 1. The standard InChI is InChI=1S/C18H28N2O2/c1-14-5-8-20(9-6-14)10-7-17(21)15-3-4-16-18(13-15)22-12-11-19(16)2/h3-4,13-14,17,21H,5-12H2,1-2H3. The van der Waals surface area contributed by atoms with Crippen molar-refractivity contribution in [2.24, 2.45) is 5.92 Å². The van der Waals surface area contributed by atoms with Crippen molar-refractivity contribution in [1.82, 2.24) is 4.90 Å². The van der Waals surface area contributed by atoms with Gasteiger partial charge in [-0.2, -0.15) is 0 Å². The van der Waals surface area contributed by atoms with E-state index in [4.69, 9.17) is 4.74 Å². The maximum absolute atomic E-state index is 10.5. The van der Waals surface area contributed by atoms with E-state index in [1.54, 1.807) is 0 Å². The minimum Gasteiger partial charge on any atom is -0.490 e. The zero-order chi connectivity index (χ0) is 15.5. The quantitative estimate of drug-likeness (QED) is 0.928. The Morgan fingerprint density at radius 3 is 2.82 bits per heavy atom. The summed E-state index contributed by atoms with van der Waals surface area (Å²) >= 11 is 0. The van der Waals surface area contributed by atoms with Crippen molar-refractivity contribution in [2.75, 3.05) is 44.7 Å². The van der Waals surface area contributed by atoms with Crippen LogP contribution in [-0.2, 0) is 0 Å². The van der Waals surface area contributed by atoms with Gasteiger partial charge in [-0.15, -0.1) is 0 Å². The van der Waals surface area contributed by atoms with E-state index < -0.39 is 6.10 Å². The van der Waals surface area contributed by atoms with Crippen molar-refractivity contribution in [1.29, 1.82) is 0 Å². The Morgan fingerprint density at radius 1 is 1.27 bits per heavy atom. The van der Waals surface area contributed by atoms with Crippen molar-refractivity contribution in [3.8, 4) is 5.75 Å². The van der Waals surface area contributed by atoms with Gasteiger partial charge in [0, 0.05) is 13.6 Å². The number of aliphatic hydroxyl groups is 1. The second-order valence-corrected chi connectivity index (χ2v) is 6.83. The molecule has 3 rings (SSSR count). The molecular formula is C18H28N2O2. The number of anilines is 1. The first-order valence-corrected chi connectivity index (χ1v) is 8.52. The molecule has 1 unspecified atom stereocenters. The van der Waals surface area contributed by atoms with Crippen LogP contribution in [0.15, 0.2) is 18.2 Å². The molecule has 2 heterocycles. The van der Waals surface area contributed by atoms with Gasteiger partial charge in [-0.3, -0.25) is 0 Å². The Labute approximate surface area is 133 Å². The first-order valence-electron chi connectivity index (χ1n) is 8.52. The number of ether oxygens (including phenoxy) is 1. The summed E-state index contributed by atoms with van der Waals surface area (Å²) in [7, 11) is 2.08. The molecule has 0 bridgehead atoms. The van der Waals surface area contributed by atoms with Gasteiger partial charge in [0.2, 0.25) is 0 Å². The number of hydrogen-bond acceptors (Lipinski definition) is 4. The summed E-state index contributed by atoms with van der Waals surface area (Å²) < 4.78 is 5.73. The summed E-state index contributed by atoms with van der Waals surface area (Å²) in [6.45, 7) is 7.29. The molecule has 0 spiro atoms. The molecule has 1 aromatic carbocycles. The van der Waals surface area contributed by atoms with E-state index in [1.165, 1.54) is 25.9 Å². The molecule has 4 nitrogen and oxygen atoms in total. The molecule has 0 aliphatic carbocycles. The lowest BCUT2D eigenvalue weighted by atomic mass is 9.98. The maximum Gasteiger partial charge on any atom is 0.143 e. The van der Waals surface area contributed by atoms with Crippen molar-refractivity contribution in [3.05, 3.63) is 23.8 Å². The minimum atomic E-state index is -0.402. The van der Waals surface area contributed by atoms with Crippen LogP contribution in [0.1, 0.15) is 37.9 Å². The van der Waals surface area contributed by atoms with Crippen LogP contribution < -0.4 is 9.64 Å². The predicted octanol–water partition coefficient (Wildman–Crippen LogP) is 2.67. The third kappa shape index (κ3) is 3.55. The average Bonchev–Trinajstić information content (AvgIpc) is 2.54. The molecule has 2 aliphatic rings. The van der Waals surface area contributed by atoms with Crippen LogP contribution in [0.25, 0.3) is 0 Å². The monoisotopic (exact) mass is 304 g/mol. The number of benzene rings is 1. The Bertz CT molecular complexity index is 498. The zero-order valence-electron chi connectivity index (χ0n) is 13.8. The molecule has 1 atom stereocenters. The lowest BCUT2D eigenvalue weighted by Crippen LogP contribution is -2.34. The molecule has 122 valence electrons. The Balaban J connectivity index is 1.57. The molecule has 1 saturated heterocycles. The van der Waals surface area contributed by atoms with Gasteiger partial charge in [-0.25, -0.2) is 0 Å². The van der Waals surface area contributed by atoms with Crippen LogP contribution >= 0.6 is 0 Å². The van der Waals surface area contributed by atoms with E-state index in [1.807, 2.05) is 12.1 Å². The van der Waals surface area contributed by atoms with Gasteiger partial charge in [0.15, 0.2) is 0 Å². The first-order chi connectivity index (χ1) is 10.6. The van der Waals surface area contributed by atoms with Crippen molar-refractivity contribution >= 4 is 5.69 Å². The van der Waals surface area contributed by atoms with E-state index >= 15 is 0 Å². The molecule has 0 radical (unpaired) electrons. The largest absolute Gasteiger partial charge is 0.490 e. The molecule has 1 N–H and O–H groups in total. The molecule has 4 heteroatoms.